The van der Waals surface area contributed by atoms with Gasteiger partial charge in [0.05, 0.1) is 25.6 Å². The molecule has 0 aromatic heterocycles. The van der Waals surface area contributed by atoms with E-state index in [2.05, 4.69) is 9.08 Å². The molecule has 0 saturated carbocycles. The van der Waals surface area contributed by atoms with Crippen LogP contribution in [-0.4, -0.2) is 58.0 Å². The van der Waals surface area contributed by atoms with Crippen LogP contribution in [-0.2, 0) is 19.0 Å². The molecule has 2 aliphatic rings. The summed E-state index contributed by atoms with van der Waals surface area (Å²) in [6, 6.07) is 0.549. The molecule has 0 spiro atoms. The van der Waals surface area contributed by atoms with Crippen LogP contribution < -0.4 is 0 Å². The first-order chi connectivity index (χ1) is 7.04. The molecule has 0 aromatic rings. The van der Waals surface area contributed by atoms with E-state index >= 15 is 0 Å². The molecule has 6 heteroatoms. The molecule has 2 atom stereocenters. The third-order valence-corrected chi connectivity index (χ3v) is 3.50. The van der Waals surface area contributed by atoms with Crippen molar-refractivity contribution in [2.24, 2.45) is 0 Å². The van der Waals surface area contributed by atoms with Crippen LogP contribution >= 0.6 is 0 Å². The van der Waals surface area contributed by atoms with Crippen LogP contribution in [0.3, 0.4) is 0 Å². The van der Waals surface area contributed by atoms with E-state index in [9.17, 15) is 8.42 Å². The molecule has 15 heavy (non-hydrogen) atoms. The molecule has 0 aromatic carbocycles. The predicted molar refractivity (Wildman–Crippen MR) is 55.1 cm³/mol. The van der Waals surface area contributed by atoms with Gasteiger partial charge >= 0.3 is 0 Å². The smallest absolute Gasteiger partial charge is 0.264 e. The average Bonchev–Trinajstić information content (AvgIpc) is 2.71. The summed E-state index contributed by atoms with van der Waals surface area (Å²) >= 11 is 0. The van der Waals surface area contributed by atoms with Gasteiger partial charge in [0.2, 0.25) is 0 Å². The van der Waals surface area contributed by atoms with E-state index in [4.69, 9.17) is 4.74 Å². The largest absolute Gasteiger partial charge is 0.375 e. The van der Waals surface area contributed by atoms with E-state index in [0.717, 1.165) is 38.8 Å². The van der Waals surface area contributed by atoms with Crippen molar-refractivity contribution in [3.63, 3.8) is 0 Å². The lowest BCUT2D eigenvalue weighted by Crippen LogP contribution is -2.37. The highest BCUT2D eigenvalue weighted by atomic mass is 32.2. The molecule has 0 amide bonds. The van der Waals surface area contributed by atoms with Gasteiger partial charge < -0.3 is 4.74 Å². The third kappa shape index (κ3) is 3.14. The first-order valence-corrected chi connectivity index (χ1v) is 7.06. The van der Waals surface area contributed by atoms with Crippen molar-refractivity contribution >= 4 is 10.1 Å². The lowest BCUT2D eigenvalue weighted by molar-refractivity contribution is 0.0289. The number of morpholine rings is 1. The van der Waals surface area contributed by atoms with Crippen LogP contribution in [0.15, 0.2) is 0 Å². The molecule has 2 fully saturated rings. The van der Waals surface area contributed by atoms with Gasteiger partial charge in [0.15, 0.2) is 0 Å². The lowest BCUT2D eigenvalue weighted by Gasteiger charge is -2.26. The van der Waals surface area contributed by atoms with Gasteiger partial charge in [-0.2, -0.15) is 8.42 Å². The fourth-order valence-electron chi connectivity index (χ4n) is 2.23. The molecule has 88 valence electrons. The molecule has 2 aliphatic heterocycles. The quantitative estimate of drug-likeness (QED) is 0.489. The summed E-state index contributed by atoms with van der Waals surface area (Å²) in [6.07, 6.45) is 3.38. The number of ether oxygens (including phenoxy) is 1. The fourth-order valence-corrected chi connectivity index (χ4v) is 2.65. The van der Waals surface area contributed by atoms with Gasteiger partial charge in [0.1, 0.15) is 0 Å². The van der Waals surface area contributed by atoms with Gasteiger partial charge in [-0.05, 0) is 12.8 Å². The zero-order valence-corrected chi connectivity index (χ0v) is 9.70. The summed E-state index contributed by atoms with van der Waals surface area (Å²) in [5.41, 5.74) is 0. The summed E-state index contributed by atoms with van der Waals surface area (Å²) in [5.74, 6) is 0. The molecule has 2 rings (SSSR count). The van der Waals surface area contributed by atoms with Crippen molar-refractivity contribution in [1.29, 1.82) is 0 Å². The first kappa shape index (κ1) is 11.3. The van der Waals surface area contributed by atoms with Crippen molar-refractivity contribution in [3.8, 4) is 0 Å². The first-order valence-electron chi connectivity index (χ1n) is 5.24. The SMILES string of the molecule is CS(=O)(=O)OCCCN1C[C@@H]2C[C@H]1CO2. The van der Waals surface area contributed by atoms with Gasteiger partial charge in [-0.15, -0.1) is 0 Å². The lowest BCUT2D eigenvalue weighted by atomic mass is 10.2. The van der Waals surface area contributed by atoms with E-state index in [-0.39, 0.29) is 6.61 Å². The van der Waals surface area contributed by atoms with E-state index in [1.54, 1.807) is 0 Å². The molecule has 2 heterocycles. The molecular formula is C9H17NO4S. The average molecular weight is 235 g/mol. The highest BCUT2D eigenvalue weighted by Crippen LogP contribution is 2.27. The van der Waals surface area contributed by atoms with Crippen LogP contribution in [0.4, 0.5) is 0 Å². The molecule has 5 nitrogen and oxygen atoms in total. The van der Waals surface area contributed by atoms with E-state index in [0.29, 0.717) is 12.1 Å². The van der Waals surface area contributed by atoms with Crippen LogP contribution in [0.25, 0.3) is 0 Å². The highest BCUT2D eigenvalue weighted by molar-refractivity contribution is 7.85. The number of fused-ring (bicyclic) bond motifs is 2. The van der Waals surface area contributed by atoms with Crippen LogP contribution in [0.5, 0.6) is 0 Å². The minimum Gasteiger partial charge on any atom is -0.375 e. The zero-order valence-electron chi connectivity index (χ0n) is 8.89. The normalized spacial score (nSPS) is 31.3. The second-order valence-electron chi connectivity index (χ2n) is 4.22. The Hall–Kier alpha value is -0.170. The predicted octanol–water partition coefficient (Wildman–Crippen LogP) is -0.174. The van der Waals surface area contributed by atoms with Crippen LogP contribution in [0, 0.1) is 0 Å². The Morgan fingerprint density at radius 2 is 2.33 bits per heavy atom. The summed E-state index contributed by atoms with van der Waals surface area (Å²) < 4.78 is 31.6. The van der Waals surface area contributed by atoms with Gasteiger partial charge in [-0.3, -0.25) is 9.08 Å². The number of hydrogen-bond donors (Lipinski definition) is 0. The second kappa shape index (κ2) is 4.37. The van der Waals surface area contributed by atoms with Crippen molar-refractivity contribution in [2.45, 2.75) is 25.0 Å². The van der Waals surface area contributed by atoms with Crippen molar-refractivity contribution in [1.82, 2.24) is 4.90 Å². The second-order valence-corrected chi connectivity index (χ2v) is 5.86. The molecule has 2 bridgehead atoms. The van der Waals surface area contributed by atoms with E-state index in [1.807, 2.05) is 0 Å². The Labute approximate surface area is 90.5 Å². The van der Waals surface area contributed by atoms with E-state index in [1.165, 1.54) is 0 Å². The molecule has 0 N–H and O–H groups in total. The maximum atomic E-state index is 10.7. The molecule has 0 radical (unpaired) electrons. The summed E-state index contributed by atoms with van der Waals surface area (Å²) in [6.45, 7) is 3.01. The fraction of sp³-hybridized carbons (Fsp3) is 1.00. The maximum Gasteiger partial charge on any atom is 0.264 e. The number of hydrogen-bond acceptors (Lipinski definition) is 5. The van der Waals surface area contributed by atoms with Gasteiger partial charge in [0, 0.05) is 19.1 Å². The Morgan fingerprint density at radius 3 is 2.87 bits per heavy atom. The van der Waals surface area contributed by atoms with E-state index < -0.39 is 10.1 Å². The zero-order chi connectivity index (χ0) is 10.9. The standard InChI is InChI=1S/C9H17NO4S/c1-15(11,12)14-4-2-3-10-6-9-5-8(10)7-13-9/h8-9H,2-7H2,1H3/t8-,9-/m0/s1. The minimum absolute atomic E-state index is 0.285. The summed E-state index contributed by atoms with van der Waals surface area (Å²) in [7, 11) is -3.27. The highest BCUT2D eigenvalue weighted by Gasteiger charge is 2.38. The Morgan fingerprint density at radius 1 is 1.53 bits per heavy atom. The number of nitrogens with zero attached hydrogens (tertiary/aromatic N) is 1. The van der Waals surface area contributed by atoms with Gasteiger partial charge in [-0.1, -0.05) is 0 Å². The molecule has 0 unspecified atom stereocenters. The monoisotopic (exact) mass is 235 g/mol. The number of rotatable bonds is 5. The number of likely N-dealkylation sites (tertiary alicyclic amines) is 1. The summed E-state index contributed by atoms with van der Waals surface area (Å²) in [4.78, 5) is 2.36. The van der Waals surface area contributed by atoms with Gasteiger partial charge in [0.25, 0.3) is 10.1 Å². The molecule has 2 saturated heterocycles. The summed E-state index contributed by atoms with van der Waals surface area (Å²) in [5, 5.41) is 0. The van der Waals surface area contributed by atoms with Crippen LogP contribution in [0.2, 0.25) is 0 Å². The topological polar surface area (TPSA) is 55.8 Å². The van der Waals surface area contributed by atoms with Crippen LogP contribution in [0.1, 0.15) is 12.8 Å². The Kier molecular flexibility index (Phi) is 3.30. The molecular weight excluding hydrogens is 218 g/mol. The minimum atomic E-state index is -3.27. The van der Waals surface area contributed by atoms with Crippen molar-refractivity contribution in [2.75, 3.05) is 32.6 Å². The third-order valence-electron chi connectivity index (χ3n) is 2.90. The Balaban J connectivity index is 1.63. The van der Waals surface area contributed by atoms with Crippen molar-refractivity contribution < 1.29 is 17.3 Å². The maximum absolute atomic E-state index is 10.7. The Bertz CT molecular complexity index is 316. The van der Waals surface area contributed by atoms with Gasteiger partial charge in [-0.25, -0.2) is 0 Å². The van der Waals surface area contributed by atoms with Crippen molar-refractivity contribution in [3.05, 3.63) is 0 Å². The molecule has 0 aliphatic carbocycles.